The smallest absolute Gasteiger partial charge is 0.0835 e. The molecule has 1 aliphatic carbocycles. The van der Waals surface area contributed by atoms with Crippen molar-refractivity contribution in [1.82, 2.24) is 4.98 Å². The highest BCUT2D eigenvalue weighted by molar-refractivity contribution is 9.10. The first kappa shape index (κ1) is 12.6. The number of halogens is 1. The van der Waals surface area contributed by atoms with Crippen LogP contribution in [-0.2, 0) is 4.74 Å². The highest BCUT2D eigenvalue weighted by atomic mass is 79.9. The minimum absolute atomic E-state index is 0.0866. The van der Waals surface area contributed by atoms with Crippen LogP contribution < -0.4 is 0 Å². The fourth-order valence-electron chi connectivity index (χ4n) is 3.12. The zero-order valence-electron chi connectivity index (χ0n) is 10.3. The first-order valence-corrected chi connectivity index (χ1v) is 7.40. The van der Waals surface area contributed by atoms with Crippen LogP contribution in [0.15, 0.2) is 22.9 Å². The summed E-state index contributed by atoms with van der Waals surface area (Å²) in [5, 5.41) is 10.5. The third-order valence-corrected chi connectivity index (χ3v) is 4.74. The van der Waals surface area contributed by atoms with Crippen LogP contribution in [0.4, 0.5) is 0 Å². The molecular weight excluding hydrogens is 294 g/mol. The van der Waals surface area contributed by atoms with E-state index in [1.54, 1.807) is 12.4 Å². The minimum atomic E-state index is -0.420. The van der Waals surface area contributed by atoms with Crippen molar-refractivity contribution in [1.29, 1.82) is 0 Å². The van der Waals surface area contributed by atoms with Gasteiger partial charge in [0, 0.05) is 29.0 Å². The maximum absolute atomic E-state index is 10.5. The number of rotatable bonds is 2. The molecule has 3 rings (SSSR count). The SMILES string of the molecule is OC(c1cncc(Br)c1)C1CCOC2(CCC2)C1. The van der Waals surface area contributed by atoms with Gasteiger partial charge in [-0.15, -0.1) is 0 Å². The van der Waals surface area contributed by atoms with E-state index in [-0.39, 0.29) is 5.60 Å². The van der Waals surface area contributed by atoms with E-state index in [9.17, 15) is 5.11 Å². The molecule has 1 saturated carbocycles. The average Bonchev–Trinajstić information content (AvgIpc) is 2.36. The third-order valence-electron chi connectivity index (χ3n) is 4.31. The zero-order valence-corrected chi connectivity index (χ0v) is 11.9. The van der Waals surface area contributed by atoms with Gasteiger partial charge in [-0.3, -0.25) is 4.98 Å². The Balaban J connectivity index is 1.73. The predicted molar refractivity (Wildman–Crippen MR) is 72.2 cm³/mol. The lowest BCUT2D eigenvalue weighted by molar-refractivity contribution is -0.157. The molecule has 1 spiro atoms. The van der Waals surface area contributed by atoms with Crippen molar-refractivity contribution in [3.8, 4) is 0 Å². The summed E-state index contributed by atoms with van der Waals surface area (Å²) in [6, 6.07) is 1.96. The van der Waals surface area contributed by atoms with E-state index >= 15 is 0 Å². The fourth-order valence-corrected chi connectivity index (χ4v) is 3.50. The van der Waals surface area contributed by atoms with Gasteiger partial charge in [-0.2, -0.15) is 0 Å². The first-order chi connectivity index (χ1) is 8.69. The molecule has 1 aromatic heterocycles. The summed E-state index contributed by atoms with van der Waals surface area (Å²) in [5.41, 5.74) is 0.995. The molecule has 0 amide bonds. The Bertz CT molecular complexity index is 434. The minimum Gasteiger partial charge on any atom is -0.388 e. The summed E-state index contributed by atoms with van der Waals surface area (Å²) in [5.74, 6) is 0.301. The molecule has 0 aromatic carbocycles. The Morgan fingerprint density at radius 1 is 1.44 bits per heavy atom. The van der Waals surface area contributed by atoms with E-state index in [0.717, 1.165) is 42.3 Å². The lowest BCUT2D eigenvalue weighted by Crippen LogP contribution is -2.46. The third kappa shape index (κ3) is 2.33. The highest BCUT2D eigenvalue weighted by Crippen LogP contribution is 2.47. The fraction of sp³-hybridized carbons (Fsp3) is 0.643. The molecule has 2 atom stereocenters. The van der Waals surface area contributed by atoms with Crippen molar-refractivity contribution in [2.45, 2.75) is 43.8 Å². The largest absolute Gasteiger partial charge is 0.388 e. The molecule has 18 heavy (non-hydrogen) atoms. The van der Waals surface area contributed by atoms with Crippen LogP contribution in [0, 0.1) is 5.92 Å². The number of nitrogens with zero attached hydrogens (tertiary/aromatic N) is 1. The molecule has 3 nitrogen and oxygen atoms in total. The maximum atomic E-state index is 10.5. The lowest BCUT2D eigenvalue weighted by atomic mass is 9.70. The second-order valence-electron chi connectivity index (χ2n) is 5.52. The van der Waals surface area contributed by atoms with Crippen LogP contribution >= 0.6 is 15.9 Å². The van der Waals surface area contributed by atoms with Crippen LogP contribution in [-0.4, -0.2) is 22.3 Å². The Kier molecular flexibility index (Phi) is 3.43. The second kappa shape index (κ2) is 4.91. The molecule has 1 aliphatic heterocycles. The van der Waals surface area contributed by atoms with Gasteiger partial charge in [-0.1, -0.05) is 0 Å². The molecule has 2 heterocycles. The van der Waals surface area contributed by atoms with Crippen LogP contribution in [0.25, 0.3) is 0 Å². The Hall–Kier alpha value is -0.450. The van der Waals surface area contributed by atoms with Gasteiger partial charge < -0.3 is 9.84 Å². The van der Waals surface area contributed by atoms with Gasteiger partial charge in [-0.25, -0.2) is 0 Å². The molecule has 2 aliphatic rings. The predicted octanol–water partition coefficient (Wildman–Crippen LogP) is 3.23. The van der Waals surface area contributed by atoms with E-state index in [2.05, 4.69) is 20.9 Å². The summed E-state index contributed by atoms with van der Waals surface area (Å²) in [6.45, 7) is 0.781. The monoisotopic (exact) mass is 311 g/mol. The summed E-state index contributed by atoms with van der Waals surface area (Å²) >= 11 is 3.40. The van der Waals surface area contributed by atoms with Gasteiger partial charge in [0.05, 0.1) is 11.7 Å². The van der Waals surface area contributed by atoms with Gasteiger partial charge in [-0.05, 0) is 60.0 Å². The number of aromatic nitrogens is 1. The first-order valence-electron chi connectivity index (χ1n) is 6.61. The van der Waals surface area contributed by atoms with E-state index in [4.69, 9.17) is 4.74 Å². The van der Waals surface area contributed by atoms with Crippen LogP contribution in [0.1, 0.15) is 43.8 Å². The normalized spacial score (nSPS) is 27.8. The number of hydrogen-bond acceptors (Lipinski definition) is 3. The van der Waals surface area contributed by atoms with Gasteiger partial charge >= 0.3 is 0 Å². The highest BCUT2D eigenvalue weighted by Gasteiger charge is 2.44. The summed E-state index contributed by atoms with van der Waals surface area (Å²) in [7, 11) is 0. The molecule has 1 saturated heterocycles. The van der Waals surface area contributed by atoms with Crippen LogP contribution in [0.2, 0.25) is 0 Å². The second-order valence-corrected chi connectivity index (χ2v) is 6.43. The molecule has 4 heteroatoms. The Morgan fingerprint density at radius 3 is 2.94 bits per heavy atom. The Labute approximate surface area is 116 Å². The molecule has 2 fully saturated rings. The summed E-state index contributed by atoms with van der Waals surface area (Å²) in [6.07, 6.45) is 8.60. The van der Waals surface area contributed by atoms with E-state index in [0.29, 0.717) is 5.92 Å². The van der Waals surface area contributed by atoms with Crippen molar-refractivity contribution >= 4 is 15.9 Å². The van der Waals surface area contributed by atoms with Crippen molar-refractivity contribution in [2.24, 2.45) is 5.92 Å². The Morgan fingerprint density at radius 2 is 2.28 bits per heavy atom. The van der Waals surface area contributed by atoms with Crippen molar-refractivity contribution < 1.29 is 9.84 Å². The topological polar surface area (TPSA) is 42.4 Å². The van der Waals surface area contributed by atoms with E-state index < -0.39 is 6.10 Å². The van der Waals surface area contributed by atoms with Crippen molar-refractivity contribution in [3.05, 3.63) is 28.5 Å². The average molecular weight is 312 g/mol. The zero-order chi connectivity index (χ0) is 12.6. The molecule has 1 aromatic rings. The van der Waals surface area contributed by atoms with Gasteiger partial charge in [0.15, 0.2) is 0 Å². The van der Waals surface area contributed by atoms with Gasteiger partial charge in [0.2, 0.25) is 0 Å². The van der Waals surface area contributed by atoms with Crippen molar-refractivity contribution in [2.75, 3.05) is 6.61 Å². The van der Waals surface area contributed by atoms with Crippen molar-refractivity contribution in [3.63, 3.8) is 0 Å². The summed E-state index contributed by atoms with van der Waals surface area (Å²) in [4.78, 5) is 4.13. The number of ether oxygens (including phenoxy) is 1. The number of aliphatic hydroxyl groups excluding tert-OH is 1. The van der Waals surface area contributed by atoms with Gasteiger partial charge in [0.25, 0.3) is 0 Å². The molecule has 98 valence electrons. The number of aliphatic hydroxyl groups is 1. The molecule has 1 N–H and O–H groups in total. The molecule has 2 unspecified atom stereocenters. The number of pyridine rings is 1. The molecular formula is C14H18BrNO2. The van der Waals surface area contributed by atoms with Crippen LogP contribution in [0.3, 0.4) is 0 Å². The summed E-state index contributed by atoms with van der Waals surface area (Å²) < 4.78 is 6.83. The number of hydrogen-bond donors (Lipinski definition) is 1. The molecule has 0 bridgehead atoms. The van der Waals surface area contributed by atoms with Crippen LogP contribution in [0.5, 0.6) is 0 Å². The van der Waals surface area contributed by atoms with E-state index in [1.807, 2.05) is 6.07 Å². The van der Waals surface area contributed by atoms with Gasteiger partial charge in [0.1, 0.15) is 0 Å². The van der Waals surface area contributed by atoms with E-state index in [1.165, 1.54) is 6.42 Å². The molecule has 0 radical (unpaired) electrons. The standard InChI is InChI=1S/C14H18BrNO2/c15-12-6-11(8-16-9-12)13(17)10-2-5-18-14(7-10)3-1-4-14/h6,8-10,13,17H,1-5,7H2. The maximum Gasteiger partial charge on any atom is 0.0835 e. The quantitative estimate of drug-likeness (QED) is 0.912. The lowest BCUT2D eigenvalue weighted by Gasteiger charge is -2.48.